The monoisotopic (exact) mass is 362 g/mol. The van der Waals surface area contributed by atoms with Gasteiger partial charge in [-0.25, -0.2) is 0 Å². The van der Waals surface area contributed by atoms with E-state index in [1.165, 1.54) is 16.9 Å². The highest BCUT2D eigenvalue weighted by Gasteiger charge is 2.30. The van der Waals surface area contributed by atoms with Gasteiger partial charge in [-0.1, -0.05) is 20.8 Å². The van der Waals surface area contributed by atoms with Gasteiger partial charge in [0.2, 0.25) is 5.91 Å². The number of nitrogens with one attached hydrogen (secondary N) is 1. The molecule has 1 aromatic rings. The summed E-state index contributed by atoms with van der Waals surface area (Å²) in [5, 5.41) is 2.93. The predicted molar refractivity (Wildman–Crippen MR) is 102 cm³/mol. The number of hydrogen-bond donors (Lipinski definition) is 1. The number of fused-ring (bicyclic) bond motifs is 1. The van der Waals surface area contributed by atoms with Crippen LogP contribution in [0.2, 0.25) is 0 Å². The maximum Gasteiger partial charge on any atom is 0.261 e. The minimum absolute atomic E-state index is 0.0269. The van der Waals surface area contributed by atoms with Crippen molar-refractivity contribution in [1.29, 1.82) is 0 Å². The average molecular weight is 363 g/mol. The van der Waals surface area contributed by atoms with Gasteiger partial charge in [-0.05, 0) is 55.1 Å². The molecule has 138 valence electrons. The molecule has 3 rings (SSSR count). The highest BCUT2D eigenvalue weighted by atomic mass is 32.1. The van der Waals surface area contributed by atoms with Crippen molar-refractivity contribution in [2.75, 3.05) is 19.6 Å². The first kappa shape index (κ1) is 18.4. The highest BCUT2D eigenvalue weighted by molar-refractivity contribution is 7.14. The van der Waals surface area contributed by atoms with E-state index in [-0.39, 0.29) is 11.8 Å². The van der Waals surface area contributed by atoms with Crippen LogP contribution in [0.25, 0.3) is 0 Å². The molecule has 5 heteroatoms. The van der Waals surface area contributed by atoms with Crippen molar-refractivity contribution in [3.05, 3.63) is 21.4 Å². The molecule has 1 aromatic heterocycles. The third-order valence-corrected chi connectivity index (χ3v) is 6.85. The number of aryl methyl sites for hydroxylation is 1. The van der Waals surface area contributed by atoms with Crippen LogP contribution >= 0.6 is 11.3 Å². The minimum Gasteiger partial charge on any atom is -0.351 e. The van der Waals surface area contributed by atoms with E-state index in [9.17, 15) is 9.59 Å². The molecule has 0 spiro atoms. The van der Waals surface area contributed by atoms with Gasteiger partial charge in [0.15, 0.2) is 0 Å². The van der Waals surface area contributed by atoms with Gasteiger partial charge >= 0.3 is 0 Å². The molecule has 1 saturated heterocycles. The van der Waals surface area contributed by atoms with Crippen molar-refractivity contribution in [2.45, 2.75) is 59.3 Å². The van der Waals surface area contributed by atoms with Crippen LogP contribution in [0.1, 0.15) is 66.6 Å². The summed E-state index contributed by atoms with van der Waals surface area (Å²) in [5.41, 5.74) is 1.67. The molecule has 1 atom stereocenters. The number of nitrogens with zero attached hydrogens (tertiary/aromatic N) is 1. The number of rotatable bonds is 4. The summed E-state index contributed by atoms with van der Waals surface area (Å²) in [6.07, 6.45) is 5.99. The zero-order chi connectivity index (χ0) is 18.0. The van der Waals surface area contributed by atoms with Crippen LogP contribution in [-0.4, -0.2) is 36.3 Å². The number of amides is 2. The number of likely N-dealkylation sites (tertiary alicyclic amines) is 1. The lowest BCUT2D eigenvalue weighted by Crippen LogP contribution is -2.32. The molecule has 0 radical (unpaired) electrons. The average Bonchev–Trinajstić information content (AvgIpc) is 3.22. The van der Waals surface area contributed by atoms with Crippen molar-refractivity contribution < 1.29 is 9.59 Å². The van der Waals surface area contributed by atoms with Gasteiger partial charge in [-0.3, -0.25) is 9.59 Å². The second-order valence-corrected chi connectivity index (χ2v) is 9.60. The fraction of sp³-hybridized carbons (Fsp3) is 0.700. The van der Waals surface area contributed by atoms with Crippen LogP contribution in [0, 0.1) is 11.3 Å². The van der Waals surface area contributed by atoms with Gasteiger partial charge in [0.25, 0.3) is 5.91 Å². The maximum absolute atomic E-state index is 12.4. The first-order valence-electron chi connectivity index (χ1n) is 9.52. The first-order chi connectivity index (χ1) is 11.8. The molecule has 1 aliphatic carbocycles. The van der Waals surface area contributed by atoms with Crippen LogP contribution < -0.4 is 5.32 Å². The fourth-order valence-electron chi connectivity index (χ4n) is 3.87. The zero-order valence-corrected chi connectivity index (χ0v) is 16.5. The van der Waals surface area contributed by atoms with Gasteiger partial charge in [0.1, 0.15) is 0 Å². The second kappa shape index (κ2) is 7.48. The Balaban J connectivity index is 1.52. The van der Waals surface area contributed by atoms with E-state index in [2.05, 4.69) is 32.2 Å². The van der Waals surface area contributed by atoms with Crippen molar-refractivity contribution in [3.8, 4) is 0 Å². The lowest BCUT2D eigenvalue weighted by atomic mass is 9.72. The largest absolute Gasteiger partial charge is 0.351 e. The summed E-state index contributed by atoms with van der Waals surface area (Å²) in [6, 6.07) is 2.08. The number of thiophene rings is 1. The van der Waals surface area contributed by atoms with Crippen LogP contribution in [-0.2, 0) is 17.6 Å². The molecule has 1 fully saturated rings. The lowest BCUT2D eigenvalue weighted by molar-refractivity contribution is -0.129. The Hall–Kier alpha value is -1.36. The van der Waals surface area contributed by atoms with Crippen LogP contribution in [0.5, 0.6) is 0 Å². The molecule has 1 aliphatic heterocycles. The zero-order valence-electron chi connectivity index (χ0n) is 15.7. The van der Waals surface area contributed by atoms with Gasteiger partial charge in [-0.2, -0.15) is 0 Å². The Bertz CT molecular complexity index is 639. The van der Waals surface area contributed by atoms with Gasteiger partial charge in [-0.15, -0.1) is 11.3 Å². The first-order valence-corrected chi connectivity index (χ1v) is 10.3. The number of carbonyl (C=O) groups excluding carboxylic acids is 2. The van der Waals surface area contributed by atoms with E-state index in [0.29, 0.717) is 24.3 Å². The van der Waals surface area contributed by atoms with Crippen molar-refractivity contribution in [1.82, 2.24) is 10.2 Å². The molecule has 0 saturated carbocycles. The lowest BCUT2D eigenvalue weighted by Gasteiger charge is -2.33. The Labute approximate surface area is 155 Å². The second-order valence-electron chi connectivity index (χ2n) is 8.46. The van der Waals surface area contributed by atoms with E-state index in [1.807, 2.05) is 4.90 Å². The van der Waals surface area contributed by atoms with Gasteiger partial charge in [0.05, 0.1) is 4.88 Å². The third kappa shape index (κ3) is 4.43. The summed E-state index contributed by atoms with van der Waals surface area (Å²) in [4.78, 5) is 28.5. The highest BCUT2D eigenvalue weighted by Crippen LogP contribution is 2.40. The minimum atomic E-state index is -0.0269. The Morgan fingerprint density at radius 1 is 1.28 bits per heavy atom. The topological polar surface area (TPSA) is 49.4 Å². The normalized spacial score (nSPS) is 20.4. The Morgan fingerprint density at radius 2 is 2.00 bits per heavy atom. The maximum atomic E-state index is 12.4. The van der Waals surface area contributed by atoms with Crippen molar-refractivity contribution >= 4 is 23.2 Å². The van der Waals surface area contributed by atoms with E-state index in [1.54, 1.807) is 11.3 Å². The molecule has 2 aliphatic rings. The van der Waals surface area contributed by atoms with E-state index < -0.39 is 0 Å². The molecule has 25 heavy (non-hydrogen) atoms. The smallest absolute Gasteiger partial charge is 0.261 e. The molecule has 0 bridgehead atoms. The van der Waals surface area contributed by atoms with Crippen LogP contribution in [0.15, 0.2) is 6.07 Å². The summed E-state index contributed by atoms with van der Waals surface area (Å²) >= 11 is 1.63. The Kier molecular flexibility index (Phi) is 5.52. The van der Waals surface area contributed by atoms with E-state index in [0.717, 1.165) is 43.6 Å². The number of hydrogen-bond acceptors (Lipinski definition) is 3. The van der Waals surface area contributed by atoms with Crippen molar-refractivity contribution in [3.63, 3.8) is 0 Å². The molecule has 4 nitrogen and oxygen atoms in total. The number of carbonyl (C=O) groups is 2. The Morgan fingerprint density at radius 3 is 2.68 bits per heavy atom. The third-order valence-electron chi connectivity index (χ3n) is 5.61. The molecular formula is C20H30N2O2S. The summed E-state index contributed by atoms with van der Waals surface area (Å²) in [5.74, 6) is 0.820. The van der Waals surface area contributed by atoms with Crippen LogP contribution in [0.4, 0.5) is 0 Å². The van der Waals surface area contributed by atoms with E-state index >= 15 is 0 Å². The molecule has 0 aromatic carbocycles. The predicted octanol–water partition coefficient (Wildman–Crippen LogP) is 3.64. The molecule has 2 heterocycles. The molecule has 2 amide bonds. The van der Waals surface area contributed by atoms with E-state index in [4.69, 9.17) is 0 Å². The van der Waals surface area contributed by atoms with Crippen LogP contribution in [0.3, 0.4) is 0 Å². The van der Waals surface area contributed by atoms with Crippen molar-refractivity contribution in [2.24, 2.45) is 11.3 Å². The quantitative estimate of drug-likeness (QED) is 0.889. The molecule has 1 N–H and O–H groups in total. The molecular weight excluding hydrogens is 332 g/mol. The fourth-order valence-corrected chi connectivity index (χ4v) is 4.99. The van der Waals surface area contributed by atoms with Gasteiger partial charge in [0, 0.05) is 30.9 Å². The SMILES string of the molecule is CC(C)(C)C1CCc2sc(C(=O)NCCC(=O)N3CCCC3)cc2C1. The molecule has 1 unspecified atom stereocenters. The standard InChI is InChI=1S/C20H30N2O2S/c1-20(2,3)15-6-7-16-14(12-15)13-17(25-16)19(24)21-9-8-18(23)22-10-4-5-11-22/h13,15H,4-12H2,1-3H3,(H,21,24). The summed E-state index contributed by atoms with van der Waals surface area (Å²) < 4.78 is 0. The van der Waals surface area contributed by atoms with Gasteiger partial charge < -0.3 is 10.2 Å². The summed E-state index contributed by atoms with van der Waals surface area (Å²) in [7, 11) is 0. The summed E-state index contributed by atoms with van der Waals surface area (Å²) in [6.45, 7) is 9.10.